The maximum Gasteiger partial charge on any atom is 0.258 e. The van der Waals surface area contributed by atoms with E-state index in [9.17, 15) is 4.79 Å². The molecular weight excluding hydrogens is 422 g/mol. The van der Waals surface area contributed by atoms with E-state index in [0.717, 1.165) is 28.2 Å². The number of nitrogens with zero attached hydrogens (tertiary/aromatic N) is 3. The molecule has 1 unspecified atom stereocenters. The van der Waals surface area contributed by atoms with Crippen molar-refractivity contribution in [2.75, 3.05) is 13.2 Å². The molecule has 0 N–H and O–H groups in total. The molecule has 0 bridgehead atoms. The van der Waals surface area contributed by atoms with Crippen molar-refractivity contribution >= 4 is 23.2 Å². The van der Waals surface area contributed by atoms with Crippen LogP contribution in [0.3, 0.4) is 0 Å². The monoisotopic (exact) mass is 447 g/mol. The Labute approximate surface area is 193 Å². The number of rotatable bonds is 7. The Morgan fingerprint density at radius 2 is 1.72 bits per heavy atom. The molecule has 1 saturated heterocycles. The third-order valence-corrected chi connectivity index (χ3v) is 5.66. The number of ether oxygens (including phenoxy) is 1. The van der Waals surface area contributed by atoms with E-state index in [-0.39, 0.29) is 12.1 Å². The van der Waals surface area contributed by atoms with E-state index < -0.39 is 0 Å². The quantitative estimate of drug-likeness (QED) is 0.449. The van der Waals surface area contributed by atoms with Crippen LogP contribution in [0.4, 0.5) is 0 Å². The Bertz CT molecular complexity index is 1080. The third-order valence-electron chi connectivity index (χ3n) is 5.41. The molecule has 0 saturated carbocycles. The van der Waals surface area contributed by atoms with Crippen LogP contribution in [0.5, 0.6) is 5.75 Å². The number of halogens is 1. The zero-order chi connectivity index (χ0) is 22.5. The molecule has 1 aliphatic heterocycles. The summed E-state index contributed by atoms with van der Waals surface area (Å²) in [7, 11) is 0. The van der Waals surface area contributed by atoms with Crippen molar-refractivity contribution in [3.8, 4) is 5.75 Å². The number of carbonyl (C=O) groups excluding carboxylic acids is 1. The summed E-state index contributed by atoms with van der Waals surface area (Å²) in [4.78, 5) is 15.2. The fourth-order valence-corrected chi connectivity index (χ4v) is 3.99. The predicted octanol–water partition coefficient (Wildman–Crippen LogP) is 5.51. The highest BCUT2D eigenvalue weighted by Gasteiger charge is 2.39. The van der Waals surface area contributed by atoms with Crippen LogP contribution in [0.25, 0.3) is 0 Å². The molecule has 32 heavy (non-hydrogen) atoms. The molecule has 4 rings (SSSR count). The minimum absolute atomic E-state index is 0.0341. The van der Waals surface area contributed by atoms with Gasteiger partial charge in [-0.1, -0.05) is 66.2 Å². The maximum absolute atomic E-state index is 13.1. The molecule has 0 radical (unpaired) electrons. The van der Waals surface area contributed by atoms with E-state index in [0.29, 0.717) is 24.7 Å². The topological polar surface area (TPSA) is 45.1 Å². The van der Waals surface area contributed by atoms with E-state index in [2.05, 4.69) is 17.0 Å². The molecule has 1 heterocycles. The van der Waals surface area contributed by atoms with Gasteiger partial charge in [-0.3, -0.25) is 9.69 Å². The average Bonchev–Trinajstić information content (AvgIpc) is 3.10. The van der Waals surface area contributed by atoms with Crippen molar-refractivity contribution in [2.45, 2.75) is 26.6 Å². The molecule has 6 heteroatoms. The van der Waals surface area contributed by atoms with Gasteiger partial charge in [0.15, 0.2) is 0 Å². The van der Waals surface area contributed by atoms with Crippen molar-refractivity contribution in [1.29, 1.82) is 0 Å². The summed E-state index contributed by atoms with van der Waals surface area (Å²) in [5, 5.41) is 7.02. The van der Waals surface area contributed by atoms with Gasteiger partial charge in [-0.25, -0.2) is 5.01 Å². The van der Waals surface area contributed by atoms with Gasteiger partial charge in [-0.2, -0.15) is 5.10 Å². The van der Waals surface area contributed by atoms with Gasteiger partial charge in [0.05, 0.1) is 18.9 Å². The summed E-state index contributed by atoms with van der Waals surface area (Å²) in [6.45, 7) is 5.42. The van der Waals surface area contributed by atoms with Crippen LogP contribution in [-0.4, -0.2) is 34.7 Å². The lowest BCUT2D eigenvalue weighted by Gasteiger charge is -2.28. The lowest BCUT2D eigenvalue weighted by molar-refractivity contribution is -0.128. The van der Waals surface area contributed by atoms with Crippen molar-refractivity contribution in [3.63, 3.8) is 0 Å². The van der Waals surface area contributed by atoms with E-state index in [1.54, 1.807) is 5.01 Å². The first-order valence-corrected chi connectivity index (χ1v) is 11.1. The predicted molar refractivity (Wildman–Crippen MR) is 128 cm³/mol. The smallest absolute Gasteiger partial charge is 0.258 e. The van der Waals surface area contributed by atoms with Crippen molar-refractivity contribution in [1.82, 2.24) is 9.91 Å². The molecule has 1 aliphatic rings. The van der Waals surface area contributed by atoms with Crippen LogP contribution in [0.1, 0.15) is 36.7 Å². The normalized spacial score (nSPS) is 17.1. The van der Waals surface area contributed by atoms with Crippen LogP contribution in [0.2, 0.25) is 5.02 Å². The van der Waals surface area contributed by atoms with Crippen molar-refractivity contribution < 1.29 is 9.53 Å². The Kier molecular flexibility index (Phi) is 6.88. The third kappa shape index (κ3) is 5.01. The first-order chi connectivity index (χ1) is 15.5. The van der Waals surface area contributed by atoms with Gasteiger partial charge in [-0.05, 0) is 54.8 Å². The van der Waals surface area contributed by atoms with E-state index in [4.69, 9.17) is 21.4 Å². The maximum atomic E-state index is 13.1. The van der Waals surface area contributed by atoms with Gasteiger partial charge in [-0.15, -0.1) is 0 Å². The minimum atomic E-state index is -0.305. The highest BCUT2D eigenvalue weighted by molar-refractivity contribution is 6.30. The molecule has 0 spiro atoms. The summed E-state index contributed by atoms with van der Waals surface area (Å²) in [6.07, 6.45) is -0.305. The molecule has 5 nitrogen and oxygen atoms in total. The van der Waals surface area contributed by atoms with E-state index in [1.165, 1.54) is 0 Å². The summed E-state index contributed by atoms with van der Waals surface area (Å²) in [6, 6.07) is 25.5. The van der Waals surface area contributed by atoms with Gasteiger partial charge in [0.1, 0.15) is 11.9 Å². The van der Waals surface area contributed by atoms with Gasteiger partial charge >= 0.3 is 0 Å². The number of carbonyl (C=O) groups is 1. The van der Waals surface area contributed by atoms with Gasteiger partial charge < -0.3 is 4.74 Å². The number of hydrogen-bond donors (Lipinski definition) is 0. The second-order valence-electron chi connectivity index (χ2n) is 7.70. The highest BCUT2D eigenvalue weighted by atomic mass is 35.5. The Morgan fingerprint density at radius 3 is 2.38 bits per heavy atom. The first-order valence-electron chi connectivity index (χ1n) is 10.7. The van der Waals surface area contributed by atoms with E-state index >= 15 is 0 Å². The molecule has 1 fully saturated rings. The Hall–Kier alpha value is -3.15. The van der Waals surface area contributed by atoms with Crippen LogP contribution in [0, 0.1) is 0 Å². The molecule has 1 amide bonds. The zero-order valence-electron chi connectivity index (χ0n) is 18.2. The van der Waals surface area contributed by atoms with Crippen molar-refractivity contribution in [2.24, 2.45) is 5.10 Å². The first kappa shape index (κ1) is 22.1. The van der Waals surface area contributed by atoms with Gasteiger partial charge in [0.2, 0.25) is 0 Å². The molecular formula is C26H26ClN3O2. The van der Waals surface area contributed by atoms with Gasteiger partial charge in [0.25, 0.3) is 5.91 Å². The summed E-state index contributed by atoms with van der Waals surface area (Å²) < 4.78 is 5.59. The molecule has 0 aromatic heterocycles. The standard InChI is InChI=1S/C26H26ClN3O2/c1-3-32-24-15-11-22(12-16-24)26-29(17-20-7-5-4-6-8-20)18-25(31)30(26)28-19(2)21-9-13-23(27)14-10-21/h4-16,26H,3,17-18H2,1-2H3/b28-19+. The largest absolute Gasteiger partial charge is 0.494 e. The molecule has 164 valence electrons. The SMILES string of the molecule is CCOc1ccc(C2N(Cc3ccccc3)CC(=O)N2/N=C(\C)c2ccc(Cl)cc2)cc1. The van der Waals surface area contributed by atoms with E-state index in [1.807, 2.05) is 80.6 Å². The second-order valence-corrected chi connectivity index (χ2v) is 8.13. The van der Waals surface area contributed by atoms with Crippen LogP contribution < -0.4 is 4.74 Å². The summed E-state index contributed by atoms with van der Waals surface area (Å²) >= 11 is 6.02. The molecule has 3 aromatic rings. The van der Waals surface area contributed by atoms with Crippen LogP contribution in [-0.2, 0) is 11.3 Å². The van der Waals surface area contributed by atoms with Crippen molar-refractivity contribution in [3.05, 3.63) is 101 Å². The lowest BCUT2D eigenvalue weighted by atomic mass is 10.1. The number of hydrazone groups is 1. The minimum Gasteiger partial charge on any atom is -0.494 e. The molecule has 3 aromatic carbocycles. The summed E-state index contributed by atoms with van der Waals surface area (Å²) in [5.74, 6) is 0.774. The molecule has 0 aliphatic carbocycles. The second kappa shape index (κ2) is 9.98. The lowest BCUT2D eigenvalue weighted by Crippen LogP contribution is -2.29. The Balaban J connectivity index is 1.68. The van der Waals surface area contributed by atoms with Crippen LogP contribution in [0.15, 0.2) is 84.0 Å². The molecule has 1 atom stereocenters. The Morgan fingerprint density at radius 1 is 1.03 bits per heavy atom. The van der Waals surface area contributed by atoms with Crippen LogP contribution >= 0.6 is 11.6 Å². The number of hydrogen-bond acceptors (Lipinski definition) is 4. The summed E-state index contributed by atoms with van der Waals surface area (Å²) in [5.41, 5.74) is 3.82. The number of benzene rings is 3. The fraction of sp³-hybridized carbons (Fsp3) is 0.231. The van der Waals surface area contributed by atoms with Gasteiger partial charge in [0, 0.05) is 11.6 Å². The fourth-order valence-electron chi connectivity index (χ4n) is 3.86. The highest BCUT2D eigenvalue weighted by Crippen LogP contribution is 2.33. The zero-order valence-corrected chi connectivity index (χ0v) is 19.0. The number of amides is 1. The average molecular weight is 448 g/mol.